The van der Waals surface area contributed by atoms with Gasteiger partial charge in [0.2, 0.25) is 0 Å². The molecule has 2 aliphatic carbocycles. The van der Waals surface area contributed by atoms with Gasteiger partial charge < -0.3 is 9.30 Å². The van der Waals surface area contributed by atoms with Gasteiger partial charge in [-0.25, -0.2) is 4.98 Å². The molecule has 1 aromatic carbocycles. The zero-order chi connectivity index (χ0) is 25.6. The number of benzene rings is 1. The molecule has 5 aliphatic rings. The first-order valence-corrected chi connectivity index (χ1v) is 15.7. The van der Waals surface area contributed by atoms with E-state index in [0.29, 0.717) is 6.04 Å². The standard InChI is InChI=1S/C32H46N4O2/c1-38-32(37)24-12-14-34(15-13-24)21-31-33-29-10-2-3-11-30(29)36(31)28-19-25-8-5-9-26(20-28)35(25)27-17-22-6-4-7-23(16-22)18-27/h2-3,10-11,22-28H,4-9,12-21H2,1H3/t22-,23+,25-,26+,27?,28?. The lowest BCUT2D eigenvalue weighted by atomic mass is 9.68. The minimum Gasteiger partial charge on any atom is -0.469 e. The molecule has 5 fully saturated rings. The van der Waals surface area contributed by atoms with Crippen molar-refractivity contribution in [3.05, 3.63) is 30.1 Å². The molecule has 0 radical (unpaired) electrons. The Morgan fingerprint density at radius 3 is 2.24 bits per heavy atom. The van der Waals surface area contributed by atoms with E-state index in [0.717, 1.165) is 68.0 Å². The Balaban J connectivity index is 1.12. The van der Waals surface area contributed by atoms with Crippen molar-refractivity contribution in [1.29, 1.82) is 0 Å². The van der Waals surface area contributed by atoms with E-state index in [2.05, 4.69) is 38.6 Å². The Morgan fingerprint density at radius 2 is 1.53 bits per heavy atom. The average Bonchev–Trinajstić information content (AvgIpc) is 3.30. The van der Waals surface area contributed by atoms with Gasteiger partial charge in [-0.05, 0) is 94.8 Å². The van der Waals surface area contributed by atoms with Crippen molar-refractivity contribution in [3.8, 4) is 0 Å². The van der Waals surface area contributed by atoms with Gasteiger partial charge in [0, 0.05) is 24.2 Å². The summed E-state index contributed by atoms with van der Waals surface area (Å²) in [5.41, 5.74) is 2.45. The van der Waals surface area contributed by atoms with Crippen LogP contribution in [0.4, 0.5) is 0 Å². The number of rotatable bonds is 5. The quantitative estimate of drug-likeness (QED) is 0.458. The van der Waals surface area contributed by atoms with Crippen LogP contribution in [0.1, 0.15) is 95.3 Å². The van der Waals surface area contributed by atoms with Crippen LogP contribution in [0.3, 0.4) is 0 Å². The van der Waals surface area contributed by atoms with Gasteiger partial charge in [0.25, 0.3) is 0 Å². The number of hydrogen-bond acceptors (Lipinski definition) is 5. The van der Waals surface area contributed by atoms with Crippen LogP contribution in [0.2, 0.25) is 0 Å². The third kappa shape index (κ3) is 4.70. The van der Waals surface area contributed by atoms with Gasteiger partial charge in [0.1, 0.15) is 5.82 Å². The lowest BCUT2D eigenvalue weighted by Crippen LogP contribution is -2.58. The van der Waals surface area contributed by atoms with E-state index >= 15 is 0 Å². The molecular formula is C32H46N4O2. The maximum Gasteiger partial charge on any atom is 0.308 e. The van der Waals surface area contributed by atoms with E-state index in [-0.39, 0.29) is 11.9 Å². The number of esters is 1. The zero-order valence-corrected chi connectivity index (χ0v) is 23.3. The maximum absolute atomic E-state index is 12.0. The number of ether oxygens (including phenoxy) is 1. The second-order valence-electron chi connectivity index (χ2n) is 13.3. The van der Waals surface area contributed by atoms with E-state index < -0.39 is 0 Å². The third-order valence-electron chi connectivity index (χ3n) is 11.1. The van der Waals surface area contributed by atoms with Gasteiger partial charge in [-0.1, -0.05) is 37.8 Å². The summed E-state index contributed by atoms with van der Waals surface area (Å²) >= 11 is 0. The molecule has 1 aromatic heterocycles. The fourth-order valence-electron chi connectivity index (χ4n) is 9.44. The number of para-hydroxylation sites is 2. The van der Waals surface area contributed by atoms with Crippen molar-refractivity contribution >= 4 is 17.0 Å². The summed E-state index contributed by atoms with van der Waals surface area (Å²) in [6.45, 7) is 2.76. The molecule has 3 aliphatic heterocycles. The topological polar surface area (TPSA) is 50.6 Å². The summed E-state index contributed by atoms with van der Waals surface area (Å²) in [5, 5.41) is 0. The second-order valence-corrected chi connectivity index (χ2v) is 13.3. The fraction of sp³-hybridized carbons (Fsp3) is 0.750. The van der Waals surface area contributed by atoms with Crippen molar-refractivity contribution in [2.75, 3.05) is 20.2 Å². The Hall–Kier alpha value is -1.92. The van der Waals surface area contributed by atoms with Crippen LogP contribution >= 0.6 is 0 Å². The number of likely N-dealkylation sites (tertiary alicyclic amines) is 1. The van der Waals surface area contributed by atoms with Gasteiger partial charge in [-0.15, -0.1) is 0 Å². The Bertz CT molecular complexity index is 1110. The van der Waals surface area contributed by atoms with Crippen LogP contribution in [0.5, 0.6) is 0 Å². The molecule has 2 unspecified atom stereocenters. The highest BCUT2D eigenvalue weighted by Gasteiger charge is 2.45. The van der Waals surface area contributed by atoms with E-state index in [1.54, 1.807) is 0 Å². The molecule has 0 amide bonds. The predicted molar refractivity (Wildman–Crippen MR) is 150 cm³/mol. The van der Waals surface area contributed by atoms with Gasteiger partial charge >= 0.3 is 5.97 Å². The molecule has 38 heavy (non-hydrogen) atoms. The van der Waals surface area contributed by atoms with E-state index in [1.807, 2.05) is 0 Å². The summed E-state index contributed by atoms with van der Waals surface area (Å²) < 4.78 is 7.67. The van der Waals surface area contributed by atoms with Gasteiger partial charge in [0.15, 0.2) is 0 Å². The first kappa shape index (κ1) is 25.1. The number of methoxy groups -OCH3 is 1. The van der Waals surface area contributed by atoms with Crippen molar-refractivity contribution in [3.63, 3.8) is 0 Å². The monoisotopic (exact) mass is 518 g/mol. The minimum absolute atomic E-state index is 0.0446. The zero-order valence-electron chi connectivity index (χ0n) is 23.3. The number of aromatic nitrogens is 2. The number of piperidine rings is 3. The summed E-state index contributed by atoms with van der Waals surface area (Å²) in [5.74, 6) is 3.23. The average molecular weight is 519 g/mol. The minimum atomic E-state index is -0.0446. The predicted octanol–water partition coefficient (Wildman–Crippen LogP) is 5.95. The van der Waals surface area contributed by atoms with Crippen LogP contribution in [0.15, 0.2) is 24.3 Å². The van der Waals surface area contributed by atoms with Gasteiger partial charge in [0.05, 0.1) is 30.6 Å². The highest BCUT2D eigenvalue weighted by molar-refractivity contribution is 5.76. The van der Waals surface area contributed by atoms with Crippen LogP contribution in [0, 0.1) is 17.8 Å². The maximum atomic E-state index is 12.0. The first-order chi connectivity index (χ1) is 18.7. The lowest BCUT2D eigenvalue weighted by Gasteiger charge is -2.55. The number of carbonyl (C=O) groups excluding carboxylic acids is 1. The van der Waals surface area contributed by atoms with Crippen LogP contribution in [0.25, 0.3) is 11.0 Å². The lowest BCUT2D eigenvalue weighted by molar-refractivity contribution is -0.147. The molecule has 6 atom stereocenters. The number of hydrogen-bond donors (Lipinski definition) is 0. The fourth-order valence-corrected chi connectivity index (χ4v) is 9.44. The molecule has 6 heteroatoms. The third-order valence-corrected chi connectivity index (χ3v) is 11.1. The van der Waals surface area contributed by atoms with Gasteiger partial charge in [-0.3, -0.25) is 14.6 Å². The number of carbonyl (C=O) groups is 1. The first-order valence-electron chi connectivity index (χ1n) is 15.7. The SMILES string of the molecule is COC(=O)C1CCN(Cc2nc3ccccc3n2C2C[C@H]3CCC[C@@H](C2)N3C2C[C@H]3CCC[C@@H](C2)C3)CC1. The van der Waals surface area contributed by atoms with Crippen molar-refractivity contribution in [1.82, 2.24) is 19.4 Å². The molecule has 4 bridgehead atoms. The summed E-state index contributed by atoms with van der Waals surface area (Å²) in [7, 11) is 1.51. The van der Waals surface area contributed by atoms with E-state index in [9.17, 15) is 4.79 Å². The Morgan fingerprint density at radius 1 is 0.842 bits per heavy atom. The van der Waals surface area contributed by atoms with Gasteiger partial charge in [-0.2, -0.15) is 0 Å². The van der Waals surface area contributed by atoms with E-state index in [4.69, 9.17) is 9.72 Å². The van der Waals surface area contributed by atoms with Crippen LogP contribution < -0.4 is 0 Å². The highest BCUT2D eigenvalue weighted by Crippen LogP contribution is 2.48. The molecular weight excluding hydrogens is 472 g/mol. The van der Waals surface area contributed by atoms with Crippen LogP contribution in [-0.2, 0) is 16.1 Å². The molecule has 0 spiro atoms. The molecule has 6 nitrogen and oxygen atoms in total. The highest BCUT2D eigenvalue weighted by atomic mass is 16.5. The number of nitrogens with zero attached hydrogens (tertiary/aromatic N) is 4. The Labute approximate surface area is 228 Å². The summed E-state index contributed by atoms with van der Waals surface area (Å²) in [6.07, 6.45) is 17.4. The summed E-state index contributed by atoms with van der Waals surface area (Å²) in [6, 6.07) is 11.6. The largest absolute Gasteiger partial charge is 0.469 e. The molecule has 4 heterocycles. The molecule has 7 rings (SSSR count). The van der Waals surface area contributed by atoms with Crippen molar-refractivity contribution in [2.24, 2.45) is 17.8 Å². The molecule has 206 valence electrons. The molecule has 2 saturated carbocycles. The second kappa shape index (κ2) is 10.6. The number of imidazole rings is 1. The smallest absolute Gasteiger partial charge is 0.308 e. The normalized spacial score (nSPS) is 34.9. The molecule has 2 aromatic rings. The molecule has 0 N–H and O–H groups in total. The molecule has 3 saturated heterocycles. The van der Waals surface area contributed by atoms with Crippen LogP contribution in [-0.4, -0.2) is 63.6 Å². The number of fused-ring (bicyclic) bond motifs is 5. The van der Waals surface area contributed by atoms with Crippen molar-refractivity contribution in [2.45, 2.75) is 114 Å². The van der Waals surface area contributed by atoms with Crippen molar-refractivity contribution < 1.29 is 9.53 Å². The van der Waals surface area contributed by atoms with E-state index in [1.165, 1.54) is 89.1 Å². The summed E-state index contributed by atoms with van der Waals surface area (Å²) in [4.78, 5) is 22.8. The Kier molecular flexibility index (Phi) is 6.98.